The number of aryl methyl sites for hydroxylation is 2. The number of aromatic nitrogens is 4. The molecular formula is C110H121Cl4N17O11. The van der Waals surface area contributed by atoms with Gasteiger partial charge in [0, 0.05) is 185 Å². The summed E-state index contributed by atoms with van der Waals surface area (Å²) in [5.41, 5.74) is 32.0. The van der Waals surface area contributed by atoms with Crippen LogP contribution in [-0.2, 0) is 9.47 Å². The number of Topliss-reactive ketones (excluding diaryl/α,β-unsaturated/α-hetero) is 1. The molecule has 4 aromatic heterocycles. The molecule has 8 aromatic carbocycles. The van der Waals surface area contributed by atoms with Gasteiger partial charge in [-0.05, 0) is 229 Å². The highest BCUT2D eigenvalue weighted by Gasteiger charge is 2.28. The van der Waals surface area contributed by atoms with E-state index in [0.29, 0.717) is 163 Å². The summed E-state index contributed by atoms with van der Waals surface area (Å²) in [6, 6.07) is 46.6. The first-order valence-corrected chi connectivity index (χ1v) is 48.0. The molecule has 1 aliphatic rings. The van der Waals surface area contributed by atoms with Gasteiger partial charge in [0.05, 0.1) is 46.6 Å². The van der Waals surface area contributed by atoms with E-state index in [9.17, 15) is 44.1 Å². The van der Waals surface area contributed by atoms with E-state index in [2.05, 4.69) is 117 Å². The van der Waals surface area contributed by atoms with Gasteiger partial charge in [-0.15, -0.1) is 0 Å². The standard InChI is InChI=1S/C34H39ClN6O5.C26H29ClN4O2.C26H28ClN3O2.C24H25ClN4O2/c1-33(2,3)45-31(43)39-30(40-32(44)46-34(4,5)6)38-25-14-16-41(17-15-25)29(42)22-9-7-8-21(18-22)10-13-26-27-19-24(35)12-11-23(27)20-37-28(26)36;1-4-31(5-2)16-22(32)15-30-26(33)19-7-6-17(3)18(12-19)9-11-23-24-13-21(27)10-8-20(24)14-29-25(23)28;1-3-30(4-2)17-22(31)12-14-25(32)19-8-5-18(6-9-19)7-13-23-24-15-21(27)11-10-20(24)16-29-26(23)28;1-15-4-5-17(24(31)28-13-20(30)14-29(2)3)10-16(15)7-9-21-22-11-19(25)8-6-18(22)12-27-23(21)26/h7-9,11-12,18-20,25H,14-17H2,1-6H3,(H2,36,37)(H2,38,39,40,43,44);6-8,10,12-14,22,32H,4-5,15-16H2,1-3H3,(H2,28,29)(H,30,33);5-6,8-11,15-16,22,31H,3-4,12,14,17H2,1-2H3,(H2,28,29);4-6,8,10-12,20,30H,13-14H2,1-3H3,(H2,26,27)(H,28,31). The Balaban J connectivity index is 0.000000197. The first kappa shape index (κ1) is 110. The molecule has 5 amide bonds. The summed E-state index contributed by atoms with van der Waals surface area (Å²) in [6.07, 6.45) is 5.24. The molecule has 32 heteroatoms. The third-order valence-electron chi connectivity index (χ3n) is 22.5. The molecule has 1 fully saturated rings. The van der Waals surface area contributed by atoms with E-state index in [0.717, 1.165) is 86.0 Å². The Labute approximate surface area is 849 Å². The van der Waals surface area contributed by atoms with Crippen LogP contribution in [-0.4, -0.2) is 218 Å². The van der Waals surface area contributed by atoms with E-state index in [1.807, 2.05) is 119 Å². The molecule has 142 heavy (non-hydrogen) atoms. The van der Waals surface area contributed by atoms with Crippen LogP contribution in [0.5, 0.6) is 0 Å². The van der Waals surface area contributed by atoms with Crippen molar-refractivity contribution in [3.63, 3.8) is 0 Å². The summed E-state index contributed by atoms with van der Waals surface area (Å²) < 4.78 is 10.6. The molecular weight excluding hydrogens is 1880 g/mol. The van der Waals surface area contributed by atoms with Crippen molar-refractivity contribution in [2.75, 3.05) is 109 Å². The van der Waals surface area contributed by atoms with Crippen molar-refractivity contribution in [2.45, 2.75) is 144 Å². The third-order valence-corrected chi connectivity index (χ3v) is 23.4. The van der Waals surface area contributed by atoms with E-state index in [-0.39, 0.29) is 48.6 Å². The Kier molecular flexibility index (Phi) is 40.3. The number of likely N-dealkylation sites (tertiary alicyclic amines) is 1. The van der Waals surface area contributed by atoms with Crippen LogP contribution in [0.15, 0.2) is 188 Å². The molecule has 0 aliphatic carbocycles. The fourth-order valence-corrected chi connectivity index (χ4v) is 15.5. The number of likely N-dealkylation sites (N-methyl/N-ethyl adjacent to an activating group) is 3. The van der Waals surface area contributed by atoms with Crippen LogP contribution in [0.3, 0.4) is 0 Å². The number of nitrogens with two attached hydrogens (primary N) is 4. The fraction of sp³-hybridized carbons (Fsp3) is 0.318. The molecule has 12 aromatic rings. The van der Waals surface area contributed by atoms with Crippen molar-refractivity contribution in [3.8, 4) is 47.4 Å². The molecule has 3 atom stereocenters. The first-order valence-electron chi connectivity index (χ1n) is 46.5. The molecule has 13 rings (SSSR count). The van der Waals surface area contributed by atoms with Crippen LogP contribution in [0.4, 0.5) is 32.9 Å². The Bertz CT molecular complexity index is 6830. The Morgan fingerprint density at radius 1 is 0.458 bits per heavy atom. The highest BCUT2D eigenvalue weighted by atomic mass is 35.5. The minimum atomic E-state index is -0.763. The van der Waals surface area contributed by atoms with E-state index >= 15 is 0 Å². The molecule has 1 aliphatic heterocycles. The topological polar surface area (TPSA) is 411 Å². The third kappa shape index (κ3) is 33.4. The number of carbonyl (C=O) groups is 6. The number of benzene rings is 8. The van der Waals surface area contributed by atoms with Crippen molar-refractivity contribution in [1.82, 2.24) is 60.8 Å². The number of piperidine rings is 1. The van der Waals surface area contributed by atoms with Gasteiger partial charge in [-0.3, -0.25) is 29.8 Å². The summed E-state index contributed by atoms with van der Waals surface area (Å²) in [4.78, 5) is 105. The molecule has 0 spiro atoms. The number of nitrogens with one attached hydrogen (secondary N) is 4. The van der Waals surface area contributed by atoms with Gasteiger partial charge < -0.3 is 78.0 Å². The predicted octanol–water partition coefficient (Wildman–Crippen LogP) is 16.9. The lowest BCUT2D eigenvalue weighted by Gasteiger charge is -2.31. The summed E-state index contributed by atoms with van der Waals surface area (Å²) in [7, 11) is 3.73. The predicted molar refractivity (Wildman–Crippen MR) is 569 cm³/mol. The Morgan fingerprint density at radius 3 is 1.20 bits per heavy atom. The van der Waals surface area contributed by atoms with Gasteiger partial charge in [-0.25, -0.2) is 34.5 Å². The van der Waals surface area contributed by atoms with Crippen LogP contribution in [0.25, 0.3) is 43.1 Å². The van der Waals surface area contributed by atoms with Gasteiger partial charge in [-0.1, -0.05) is 176 Å². The number of fused-ring (bicyclic) bond motifs is 4. The second kappa shape index (κ2) is 52.0. The monoisotopic (exact) mass is 2000 g/mol. The minimum absolute atomic E-state index is 0.0141. The minimum Gasteiger partial charge on any atom is -0.444 e. The number of alkyl carbamates (subject to hydrolysis) is 2. The first-order chi connectivity index (χ1) is 67.5. The number of halogens is 4. The van der Waals surface area contributed by atoms with Crippen molar-refractivity contribution in [3.05, 3.63) is 280 Å². The zero-order valence-corrected chi connectivity index (χ0v) is 85.2. The van der Waals surface area contributed by atoms with Crippen LogP contribution >= 0.6 is 46.4 Å². The molecule has 5 heterocycles. The van der Waals surface area contributed by atoms with E-state index in [1.54, 1.807) is 156 Å². The number of aliphatic hydroxyl groups excluding tert-OH is 3. The number of anilines is 4. The second-order valence-electron chi connectivity index (χ2n) is 36.0. The summed E-state index contributed by atoms with van der Waals surface area (Å²) in [5.74, 6) is 25.5. The largest absolute Gasteiger partial charge is 0.444 e. The number of hydrogen-bond acceptors (Lipinski definition) is 23. The van der Waals surface area contributed by atoms with Crippen molar-refractivity contribution >= 4 is 154 Å². The number of nitrogen functional groups attached to an aromatic ring is 4. The molecule has 0 bridgehead atoms. The second-order valence-corrected chi connectivity index (χ2v) is 37.8. The summed E-state index contributed by atoms with van der Waals surface area (Å²) in [5, 5.41) is 50.2. The van der Waals surface area contributed by atoms with Gasteiger partial charge in [0.15, 0.2) is 5.78 Å². The molecule has 1 saturated heterocycles. The number of ketones is 1. The van der Waals surface area contributed by atoms with Gasteiger partial charge in [0.25, 0.3) is 17.7 Å². The molecule has 740 valence electrons. The number of ether oxygens (including phenoxy) is 2. The zero-order valence-electron chi connectivity index (χ0n) is 82.2. The van der Waals surface area contributed by atoms with Crippen LogP contribution in [0.1, 0.15) is 192 Å². The van der Waals surface area contributed by atoms with Gasteiger partial charge in [-0.2, -0.15) is 0 Å². The normalized spacial score (nSPS) is 12.4. The lowest BCUT2D eigenvalue weighted by Crippen LogP contribution is -2.48. The molecule has 15 N–H and O–H groups in total. The maximum Gasteiger partial charge on any atom is 0.414 e. The average Bonchev–Trinajstić information content (AvgIpc) is 0.808. The van der Waals surface area contributed by atoms with Crippen LogP contribution in [0.2, 0.25) is 20.1 Å². The number of guanidine groups is 1. The highest BCUT2D eigenvalue weighted by molar-refractivity contribution is 6.32. The Morgan fingerprint density at radius 2 is 0.824 bits per heavy atom. The molecule has 3 unspecified atom stereocenters. The summed E-state index contributed by atoms with van der Waals surface area (Å²) in [6.45, 7) is 28.7. The van der Waals surface area contributed by atoms with Crippen molar-refractivity contribution in [2.24, 2.45) is 4.99 Å². The number of rotatable bonds is 22. The number of aliphatic hydroxyl groups is 3. The number of pyridine rings is 4. The quantitative estimate of drug-likeness (QED) is 0.0130. The number of carbonyl (C=O) groups excluding carboxylic acids is 6. The van der Waals surface area contributed by atoms with E-state index in [1.165, 1.54) is 0 Å². The fourth-order valence-electron chi connectivity index (χ4n) is 14.8. The average molecular weight is 2000 g/mol. The smallest absolute Gasteiger partial charge is 0.414 e. The lowest BCUT2D eigenvalue weighted by molar-refractivity contribution is 0.0542. The zero-order chi connectivity index (χ0) is 103. The van der Waals surface area contributed by atoms with Crippen molar-refractivity contribution in [1.29, 1.82) is 0 Å². The maximum atomic E-state index is 13.4. The van der Waals surface area contributed by atoms with E-state index < -0.39 is 41.7 Å². The van der Waals surface area contributed by atoms with Gasteiger partial charge in [0.1, 0.15) is 34.5 Å². The number of aliphatic imine (C=N–C) groups is 1. The maximum absolute atomic E-state index is 13.4. The lowest BCUT2D eigenvalue weighted by atomic mass is 10.0. The molecule has 0 saturated carbocycles. The van der Waals surface area contributed by atoms with Gasteiger partial charge in [0.2, 0.25) is 5.96 Å². The SMILES string of the molecule is CC(C)(C)OC(=O)NC(=NC1CCN(C(=O)c2cccc(C#Cc3c(N)ncc4ccc(Cl)cc34)c2)CC1)NC(=O)OC(C)(C)C.CCN(CC)CC(O)CCC(=O)c1ccc(C#Cc2c(N)ncc3ccc(Cl)cc23)cc1.CCN(CC)CC(O)CNC(=O)c1ccc(C)c(C#Cc2c(N)ncc3ccc(Cl)cc23)c1.Cc1ccc(C(=O)NCC(O)CN(C)C)cc1C#Cc1c(N)ncc2ccc(Cl)cc12. The van der Waals surface area contributed by atoms with Gasteiger partial charge >= 0.3 is 12.2 Å². The number of nitrogens with zero attached hydrogens (tertiary/aromatic N) is 9. The van der Waals surface area contributed by atoms with Crippen LogP contribution in [0, 0.1) is 61.2 Å². The Hall–Kier alpha value is -14.0. The highest BCUT2D eigenvalue weighted by Crippen LogP contribution is 2.31. The van der Waals surface area contributed by atoms with Crippen molar-refractivity contribution < 1.29 is 53.6 Å². The molecule has 0 radical (unpaired) electrons. The number of amides is 5. The van der Waals surface area contributed by atoms with Crippen LogP contribution < -0.4 is 44.2 Å². The number of hydrogen-bond donors (Lipinski definition) is 11. The molecule has 28 nitrogen and oxygen atoms in total. The van der Waals surface area contributed by atoms with E-state index in [4.69, 9.17) is 78.8 Å². The summed E-state index contributed by atoms with van der Waals surface area (Å²) >= 11 is 24.6.